The van der Waals surface area contributed by atoms with E-state index in [0.29, 0.717) is 0 Å². The predicted molar refractivity (Wildman–Crippen MR) is 121 cm³/mol. The number of alkyl halides is 3. The van der Waals surface area contributed by atoms with Crippen LogP contribution in [0.4, 0.5) is 18.0 Å². The lowest BCUT2D eigenvalue weighted by Gasteiger charge is -2.19. The summed E-state index contributed by atoms with van der Waals surface area (Å²) < 4.78 is 50.7. The van der Waals surface area contributed by atoms with Crippen molar-refractivity contribution in [3.8, 4) is 16.9 Å². The molecule has 1 aliphatic carbocycles. The van der Waals surface area contributed by atoms with Crippen LogP contribution in [-0.2, 0) is 22.1 Å². The molecule has 0 aliphatic heterocycles. The number of amides is 1. The van der Waals surface area contributed by atoms with Gasteiger partial charge in [0.1, 0.15) is 18.4 Å². The predicted octanol–water partition coefficient (Wildman–Crippen LogP) is 5.25. The minimum absolute atomic E-state index is 0.0163. The lowest BCUT2D eigenvalue weighted by atomic mass is 9.98. The minimum atomic E-state index is -4.73. The van der Waals surface area contributed by atoms with E-state index in [1.807, 2.05) is 48.5 Å². The van der Waals surface area contributed by atoms with Crippen molar-refractivity contribution in [2.75, 3.05) is 13.7 Å². The molecule has 0 fully saturated rings. The van der Waals surface area contributed by atoms with Crippen molar-refractivity contribution in [3.05, 3.63) is 89.0 Å². The first-order valence-electron chi connectivity index (χ1n) is 10.8. The standard InChI is InChI=1S/C26H22F3NO5/c1-34-16-11-10-15(22(13-16)26(27,28)29)12-23(24(31)32)30-25(33)35-14-21-19-8-4-2-6-17(19)18-7-3-5-9-20(18)21/h2-11,13,21,23H,12,14H2,1H3,(H,30,33)(H,31,32). The Morgan fingerprint density at radius 3 is 2.14 bits per heavy atom. The smallest absolute Gasteiger partial charge is 0.416 e. The summed E-state index contributed by atoms with van der Waals surface area (Å²) in [4.78, 5) is 24.2. The molecular formula is C26H22F3NO5. The number of benzene rings is 3. The van der Waals surface area contributed by atoms with Gasteiger partial charge in [0.15, 0.2) is 0 Å². The molecule has 182 valence electrons. The average Bonchev–Trinajstić information content (AvgIpc) is 3.15. The fourth-order valence-electron chi connectivity index (χ4n) is 4.33. The molecule has 0 saturated heterocycles. The fraction of sp³-hybridized carbons (Fsp3) is 0.231. The number of carboxylic acid groups (broad SMARTS) is 1. The maximum absolute atomic E-state index is 13.5. The molecule has 0 heterocycles. The summed E-state index contributed by atoms with van der Waals surface area (Å²) in [7, 11) is 1.23. The van der Waals surface area contributed by atoms with Crippen LogP contribution in [0, 0.1) is 0 Å². The second-order valence-corrected chi connectivity index (χ2v) is 8.09. The van der Waals surface area contributed by atoms with Crippen LogP contribution < -0.4 is 10.1 Å². The van der Waals surface area contributed by atoms with Gasteiger partial charge in [-0.1, -0.05) is 54.6 Å². The van der Waals surface area contributed by atoms with Gasteiger partial charge in [0, 0.05) is 12.3 Å². The Kier molecular flexibility index (Phi) is 6.68. The van der Waals surface area contributed by atoms with Gasteiger partial charge in [-0.25, -0.2) is 9.59 Å². The SMILES string of the molecule is COc1ccc(CC(NC(=O)OCC2c3ccccc3-c3ccccc32)C(=O)O)c(C(F)(F)F)c1. The molecule has 0 radical (unpaired) electrons. The number of hydrogen-bond donors (Lipinski definition) is 2. The van der Waals surface area contributed by atoms with Crippen LogP contribution in [0.5, 0.6) is 5.75 Å². The summed E-state index contributed by atoms with van der Waals surface area (Å²) in [6, 6.07) is 17.0. The summed E-state index contributed by atoms with van der Waals surface area (Å²) in [6.45, 7) is -0.0530. The van der Waals surface area contributed by atoms with Gasteiger partial charge >= 0.3 is 18.2 Å². The molecule has 1 amide bonds. The number of rotatable bonds is 7. The van der Waals surface area contributed by atoms with Crippen molar-refractivity contribution >= 4 is 12.1 Å². The lowest BCUT2D eigenvalue weighted by Crippen LogP contribution is -2.43. The molecule has 3 aromatic carbocycles. The van der Waals surface area contributed by atoms with Crippen LogP contribution in [-0.4, -0.2) is 36.9 Å². The molecule has 6 nitrogen and oxygen atoms in total. The van der Waals surface area contributed by atoms with E-state index in [0.717, 1.165) is 34.4 Å². The molecule has 1 aliphatic rings. The molecule has 1 unspecified atom stereocenters. The molecule has 1 atom stereocenters. The number of alkyl carbamates (subject to hydrolysis) is 1. The van der Waals surface area contributed by atoms with E-state index in [-0.39, 0.29) is 23.8 Å². The first-order valence-corrected chi connectivity index (χ1v) is 10.8. The molecule has 35 heavy (non-hydrogen) atoms. The minimum Gasteiger partial charge on any atom is -0.497 e. The molecule has 0 saturated carbocycles. The fourth-order valence-corrected chi connectivity index (χ4v) is 4.33. The highest BCUT2D eigenvalue weighted by Gasteiger charge is 2.36. The summed E-state index contributed by atoms with van der Waals surface area (Å²) in [5, 5.41) is 11.7. The van der Waals surface area contributed by atoms with Gasteiger partial charge in [0.2, 0.25) is 0 Å². The van der Waals surface area contributed by atoms with E-state index in [9.17, 15) is 27.9 Å². The first-order chi connectivity index (χ1) is 16.7. The van der Waals surface area contributed by atoms with E-state index in [2.05, 4.69) is 5.32 Å². The van der Waals surface area contributed by atoms with Crippen molar-refractivity contribution in [3.63, 3.8) is 0 Å². The Hall–Kier alpha value is -4.01. The Labute approximate surface area is 199 Å². The number of carbonyl (C=O) groups is 2. The third-order valence-electron chi connectivity index (χ3n) is 5.98. The summed E-state index contributed by atoms with van der Waals surface area (Å²) >= 11 is 0. The van der Waals surface area contributed by atoms with Gasteiger partial charge in [-0.15, -0.1) is 0 Å². The molecule has 3 aromatic rings. The Morgan fingerprint density at radius 1 is 1.00 bits per heavy atom. The average molecular weight is 485 g/mol. The van der Waals surface area contributed by atoms with Crippen molar-refractivity contribution < 1.29 is 37.3 Å². The first kappa shape index (κ1) is 24.1. The number of ether oxygens (including phenoxy) is 2. The van der Waals surface area contributed by atoms with Crippen LogP contribution in [0.25, 0.3) is 11.1 Å². The van der Waals surface area contributed by atoms with Gasteiger partial charge in [0.25, 0.3) is 0 Å². The zero-order valence-corrected chi connectivity index (χ0v) is 18.6. The third-order valence-corrected chi connectivity index (χ3v) is 5.98. The van der Waals surface area contributed by atoms with E-state index in [1.165, 1.54) is 13.2 Å². The van der Waals surface area contributed by atoms with Crippen LogP contribution >= 0.6 is 0 Å². The Morgan fingerprint density at radius 2 is 1.60 bits per heavy atom. The van der Waals surface area contributed by atoms with E-state index in [1.54, 1.807) is 0 Å². The largest absolute Gasteiger partial charge is 0.497 e. The van der Waals surface area contributed by atoms with E-state index in [4.69, 9.17) is 9.47 Å². The second-order valence-electron chi connectivity index (χ2n) is 8.09. The van der Waals surface area contributed by atoms with E-state index >= 15 is 0 Å². The molecule has 0 bridgehead atoms. The summed E-state index contributed by atoms with van der Waals surface area (Å²) in [5.74, 6) is -1.74. The van der Waals surface area contributed by atoms with Crippen molar-refractivity contribution in [1.82, 2.24) is 5.32 Å². The van der Waals surface area contributed by atoms with Gasteiger partial charge in [-0.2, -0.15) is 13.2 Å². The van der Waals surface area contributed by atoms with Crippen LogP contribution in [0.3, 0.4) is 0 Å². The summed E-state index contributed by atoms with van der Waals surface area (Å²) in [6.07, 6.45) is -6.34. The molecule has 9 heteroatoms. The second kappa shape index (κ2) is 9.69. The topological polar surface area (TPSA) is 84.9 Å². The van der Waals surface area contributed by atoms with E-state index < -0.39 is 36.3 Å². The number of methoxy groups -OCH3 is 1. The van der Waals surface area contributed by atoms with Crippen LogP contribution in [0.1, 0.15) is 28.2 Å². The lowest BCUT2D eigenvalue weighted by molar-refractivity contribution is -0.141. The third kappa shape index (κ3) is 5.08. The number of nitrogens with one attached hydrogen (secondary N) is 1. The van der Waals surface area contributed by atoms with Gasteiger partial charge in [-0.05, 0) is 39.9 Å². The van der Waals surface area contributed by atoms with Crippen LogP contribution in [0.15, 0.2) is 66.7 Å². The van der Waals surface area contributed by atoms with Gasteiger partial charge < -0.3 is 19.9 Å². The molecule has 2 N–H and O–H groups in total. The van der Waals surface area contributed by atoms with Crippen molar-refractivity contribution in [2.45, 2.75) is 24.6 Å². The molecule has 4 rings (SSSR count). The quantitative estimate of drug-likeness (QED) is 0.478. The Bertz CT molecular complexity index is 1210. The number of fused-ring (bicyclic) bond motifs is 3. The zero-order valence-electron chi connectivity index (χ0n) is 18.6. The number of aliphatic carboxylic acids is 1. The maximum atomic E-state index is 13.5. The molecule has 0 aromatic heterocycles. The van der Waals surface area contributed by atoms with Gasteiger partial charge in [-0.3, -0.25) is 0 Å². The highest BCUT2D eigenvalue weighted by Crippen LogP contribution is 2.44. The highest BCUT2D eigenvalue weighted by molar-refractivity contribution is 5.81. The normalized spacial score (nSPS) is 13.5. The molecular weight excluding hydrogens is 463 g/mol. The number of halogens is 3. The Balaban J connectivity index is 1.47. The zero-order chi connectivity index (χ0) is 25.2. The van der Waals surface area contributed by atoms with Crippen LogP contribution in [0.2, 0.25) is 0 Å². The summed E-state index contributed by atoms with van der Waals surface area (Å²) in [5.41, 5.74) is 2.69. The highest BCUT2D eigenvalue weighted by atomic mass is 19.4. The van der Waals surface area contributed by atoms with Crippen molar-refractivity contribution in [2.24, 2.45) is 0 Å². The number of carboxylic acids is 1. The van der Waals surface area contributed by atoms with Crippen molar-refractivity contribution in [1.29, 1.82) is 0 Å². The van der Waals surface area contributed by atoms with Gasteiger partial charge in [0.05, 0.1) is 12.7 Å². The maximum Gasteiger partial charge on any atom is 0.416 e. The molecule has 0 spiro atoms. The monoisotopic (exact) mass is 485 g/mol. The number of carbonyl (C=O) groups excluding carboxylic acids is 1. The number of hydrogen-bond acceptors (Lipinski definition) is 4.